The molecule has 210 valence electrons. The molecule has 39 heavy (non-hydrogen) atoms. The summed E-state index contributed by atoms with van der Waals surface area (Å²) in [7, 11) is -2.31. The molecule has 10 heteroatoms. The van der Waals surface area contributed by atoms with Crippen molar-refractivity contribution in [2.75, 3.05) is 11.8 Å². The van der Waals surface area contributed by atoms with Crippen molar-refractivity contribution in [3.8, 4) is 11.1 Å². The largest absolute Gasteiger partial charge is 0.364 e. The predicted octanol–water partition coefficient (Wildman–Crippen LogP) is 4.79. The molecule has 0 fully saturated rings. The first-order valence-corrected chi connectivity index (χ1v) is 14.5. The Balaban J connectivity index is 2.15. The number of quaternary nitrogens is 1. The molecule has 2 amide bonds. The van der Waals surface area contributed by atoms with Gasteiger partial charge in [-0.15, -0.1) is 0 Å². The Bertz CT molecular complexity index is 1460. The number of amides is 2. The zero-order chi connectivity index (χ0) is 29.1. The molecule has 1 aromatic heterocycles. The number of anilines is 1. The van der Waals surface area contributed by atoms with E-state index < -0.39 is 22.0 Å². The summed E-state index contributed by atoms with van der Waals surface area (Å²) in [5.41, 5.74) is 8.27. The maximum Gasteiger partial charge on any atom is 0.314 e. The third-order valence-corrected chi connectivity index (χ3v) is 8.46. The van der Waals surface area contributed by atoms with Crippen molar-refractivity contribution in [1.29, 1.82) is 0 Å². The molecule has 0 bridgehead atoms. The second-order valence-corrected chi connectivity index (χ2v) is 12.6. The highest BCUT2D eigenvalue weighted by Gasteiger charge is 2.45. The number of rotatable bonds is 11. The predicted molar refractivity (Wildman–Crippen MR) is 151 cm³/mol. The van der Waals surface area contributed by atoms with Crippen LogP contribution >= 0.6 is 0 Å². The van der Waals surface area contributed by atoms with Crippen molar-refractivity contribution in [3.63, 3.8) is 0 Å². The number of benzene rings is 2. The third kappa shape index (κ3) is 6.39. The molecule has 2 atom stereocenters. The van der Waals surface area contributed by atoms with Gasteiger partial charge in [-0.1, -0.05) is 75.3 Å². The number of nitrogens with zero attached hydrogens (tertiary/aromatic N) is 2. The van der Waals surface area contributed by atoms with Gasteiger partial charge in [0.1, 0.15) is 12.3 Å². The molecular formula is C29H39N4O5S+. The fraction of sp³-hybridized carbons (Fsp3) is 0.414. The Kier molecular flexibility index (Phi) is 9.02. The topological polar surface area (TPSA) is 132 Å². The summed E-state index contributed by atoms with van der Waals surface area (Å²) in [6, 6.07) is 13.2. The van der Waals surface area contributed by atoms with Gasteiger partial charge in [0, 0.05) is 22.6 Å². The van der Waals surface area contributed by atoms with E-state index in [0.717, 1.165) is 5.56 Å². The van der Waals surface area contributed by atoms with Crippen molar-refractivity contribution >= 4 is 27.7 Å². The van der Waals surface area contributed by atoms with Crippen LogP contribution in [0.1, 0.15) is 51.0 Å². The van der Waals surface area contributed by atoms with Gasteiger partial charge in [0.15, 0.2) is 11.9 Å². The average Bonchev–Trinajstić information content (AvgIpc) is 3.15. The number of nitrogens with two attached hydrogens (primary N) is 1. The van der Waals surface area contributed by atoms with E-state index in [1.165, 1.54) is 6.07 Å². The molecule has 2 aromatic carbocycles. The Morgan fingerprint density at radius 1 is 1.00 bits per heavy atom. The van der Waals surface area contributed by atoms with E-state index in [4.69, 9.17) is 10.3 Å². The van der Waals surface area contributed by atoms with Crippen LogP contribution < -0.4 is 10.5 Å². The SMILES string of the molecule is Cc1onc(NS(=O)(=O)c2ccccc2-c2ccccc2C[N+](C)(C(=O)CC(C)C)[C@H](C(N)=O)C(C)C)c1C. The van der Waals surface area contributed by atoms with Crippen LogP contribution in [-0.4, -0.2) is 43.0 Å². The first-order chi connectivity index (χ1) is 18.2. The van der Waals surface area contributed by atoms with Gasteiger partial charge in [-0.05, 0) is 31.4 Å². The molecule has 0 aliphatic carbocycles. The highest BCUT2D eigenvalue weighted by molar-refractivity contribution is 7.92. The number of nitrogens with one attached hydrogen (secondary N) is 1. The summed E-state index contributed by atoms with van der Waals surface area (Å²) >= 11 is 0. The van der Waals surface area contributed by atoms with E-state index in [0.29, 0.717) is 22.5 Å². The molecule has 9 nitrogen and oxygen atoms in total. The second kappa shape index (κ2) is 11.7. The van der Waals surface area contributed by atoms with Gasteiger partial charge in [-0.25, -0.2) is 17.7 Å². The van der Waals surface area contributed by atoms with Crippen molar-refractivity contribution in [3.05, 3.63) is 65.4 Å². The first kappa shape index (κ1) is 30.0. The normalized spacial score (nSPS) is 14.3. The lowest BCUT2D eigenvalue weighted by Crippen LogP contribution is -2.62. The third-order valence-electron chi connectivity index (χ3n) is 7.06. The minimum atomic E-state index is -4.06. The minimum absolute atomic E-state index is 0.0514. The number of carbonyl (C=O) groups is 2. The van der Waals surface area contributed by atoms with E-state index in [1.807, 2.05) is 52.0 Å². The van der Waals surface area contributed by atoms with Gasteiger partial charge in [0.05, 0.1) is 18.4 Å². The molecule has 3 N–H and O–H groups in total. The number of hydrogen-bond donors (Lipinski definition) is 2. The molecule has 0 aliphatic heterocycles. The molecule has 0 radical (unpaired) electrons. The lowest BCUT2D eigenvalue weighted by Gasteiger charge is -2.40. The van der Waals surface area contributed by atoms with Crippen molar-refractivity contribution in [2.45, 2.75) is 65.4 Å². The number of likely N-dealkylation sites (N-methyl/N-ethyl adjacent to an activating group) is 1. The molecule has 1 heterocycles. The Morgan fingerprint density at radius 3 is 2.13 bits per heavy atom. The summed E-state index contributed by atoms with van der Waals surface area (Å²) in [5.74, 6) is -0.110. The van der Waals surface area contributed by atoms with Gasteiger partial charge >= 0.3 is 5.91 Å². The zero-order valence-electron chi connectivity index (χ0n) is 23.7. The van der Waals surface area contributed by atoms with Crippen LogP contribution in [0, 0.1) is 25.7 Å². The van der Waals surface area contributed by atoms with Crippen LogP contribution in [0.25, 0.3) is 11.1 Å². The Labute approximate surface area is 231 Å². The lowest BCUT2D eigenvalue weighted by molar-refractivity contribution is -0.868. The number of sulfonamides is 1. The number of aryl methyl sites for hydroxylation is 1. The van der Waals surface area contributed by atoms with Gasteiger partial charge in [0.2, 0.25) is 0 Å². The minimum Gasteiger partial charge on any atom is -0.364 e. The van der Waals surface area contributed by atoms with Crippen LogP contribution in [0.5, 0.6) is 0 Å². The van der Waals surface area contributed by atoms with E-state index in [9.17, 15) is 18.0 Å². The summed E-state index contributed by atoms with van der Waals surface area (Å²) in [6.45, 7) is 11.3. The Hall–Kier alpha value is -3.50. The molecule has 0 spiro atoms. The number of hydrogen-bond acceptors (Lipinski definition) is 6. The quantitative estimate of drug-likeness (QED) is 0.327. The van der Waals surface area contributed by atoms with E-state index in [1.54, 1.807) is 39.1 Å². The lowest BCUT2D eigenvalue weighted by atomic mass is 9.93. The fourth-order valence-corrected chi connectivity index (χ4v) is 6.34. The molecule has 0 saturated carbocycles. The molecule has 0 aliphatic rings. The van der Waals surface area contributed by atoms with Crippen LogP contribution in [0.4, 0.5) is 5.82 Å². The van der Waals surface area contributed by atoms with Crippen molar-refractivity contribution in [2.24, 2.45) is 17.6 Å². The molecule has 3 aromatic rings. The maximum absolute atomic E-state index is 13.7. The molecule has 3 rings (SSSR count). The zero-order valence-corrected chi connectivity index (χ0v) is 24.5. The van der Waals surface area contributed by atoms with Gasteiger partial charge in [0.25, 0.3) is 15.9 Å². The molecule has 1 unspecified atom stereocenters. The van der Waals surface area contributed by atoms with E-state index in [2.05, 4.69) is 9.88 Å². The van der Waals surface area contributed by atoms with E-state index in [-0.39, 0.29) is 45.9 Å². The first-order valence-electron chi connectivity index (χ1n) is 13.0. The van der Waals surface area contributed by atoms with Crippen LogP contribution in [0.3, 0.4) is 0 Å². The molecule has 0 saturated heterocycles. The second-order valence-electron chi connectivity index (χ2n) is 11.0. The van der Waals surface area contributed by atoms with Crippen molar-refractivity contribution in [1.82, 2.24) is 5.16 Å². The summed E-state index contributed by atoms with van der Waals surface area (Å²) in [5, 5.41) is 3.84. The highest BCUT2D eigenvalue weighted by atomic mass is 32.2. The summed E-state index contributed by atoms with van der Waals surface area (Å²) in [6.07, 6.45) is 0.278. The Morgan fingerprint density at radius 2 is 1.59 bits per heavy atom. The standard InChI is InChI=1S/C29H38N4O5S/c1-18(2)16-26(34)33(7,27(19(3)4)28(30)35)17-22-12-8-9-13-23(22)24-14-10-11-15-25(24)39(36,37)32-29-20(5)21(6)38-31-29/h8-15,18-19,27H,16-17H2,1-7H3,(H2-,30,31,32,35)/p+1/t27-,33?/m0/s1. The fourth-order valence-electron chi connectivity index (χ4n) is 5.06. The summed E-state index contributed by atoms with van der Waals surface area (Å²) in [4.78, 5) is 26.4. The maximum atomic E-state index is 13.7. The number of primary amides is 1. The molecular weight excluding hydrogens is 516 g/mol. The average molecular weight is 556 g/mol. The van der Waals surface area contributed by atoms with E-state index >= 15 is 0 Å². The number of carbonyl (C=O) groups excluding carboxylic acids is 2. The monoisotopic (exact) mass is 555 g/mol. The van der Waals surface area contributed by atoms with Gasteiger partial charge < -0.3 is 10.3 Å². The van der Waals surface area contributed by atoms with Crippen LogP contribution in [0.2, 0.25) is 0 Å². The van der Waals surface area contributed by atoms with Crippen LogP contribution in [-0.2, 0) is 26.2 Å². The van der Waals surface area contributed by atoms with Gasteiger partial charge in [-0.3, -0.25) is 9.52 Å². The smallest absolute Gasteiger partial charge is 0.314 e. The summed E-state index contributed by atoms with van der Waals surface area (Å²) < 4.78 is 34.6. The van der Waals surface area contributed by atoms with Crippen molar-refractivity contribution < 1.29 is 27.0 Å². The highest BCUT2D eigenvalue weighted by Crippen LogP contribution is 2.35. The number of aromatic nitrogens is 1. The van der Waals surface area contributed by atoms with Gasteiger partial charge in [-0.2, -0.15) is 0 Å². The van der Waals surface area contributed by atoms with Crippen LogP contribution in [0.15, 0.2) is 57.9 Å².